The van der Waals surface area contributed by atoms with Crippen molar-refractivity contribution < 1.29 is 16.8 Å². The first-order chi connectivity index (χ1) is 13.0. The van der Waals surface area contributed by atoms with Gasteiger partial charge in [-0.3, -0.25) is 9.44 Å². The molecule has 0 spiro atoms. The zero-order chi connectivity index (χ0) is 20.9. The number of rotatable bonds is 8. The highest BCUT2D eigenvalue weighted by Gasteiger charge is 2.13. The van der Waals surface area contributed by atoms with Gasteiger partial charge in [-0.05, 0) is 35.4 Å². The molecule has 8 nitrogen and oxygen atoms in total. The minimum absolute atomic E-state index is 0.475. The van der Waals surface area contributed by atoms with Crippen molar-refractivity contribution in [1.29, 1.82) is 0 Å². The summed E-state index contributed by atoms with van der Waals surface area (Å²) >= 11 is 0. The van der Waals surface area contributed by atoms with Crippen molar-refractivity contribution in [2.24, 2.45) is 0 Å². The number of nitrogens with zero attached hydrogens (tertiary/aromatic N) is 2. The lowest BCUT2D eigenvalue weighted by atomic mass is 10.1. The summed E-state index contributed by atoms with van der Waals surface area (Å²) in [7, 11) is -1.24. The Hall–Kier alpha value is -2.40. The van der Waals surface area contributed by atoms with E-state index in [9.17, 15) is 16.8 Å². The fourth-order valence-electron chi connectivity index (χ4n) is 2.00. The lowest BCUT2D eigenvalue weighted by Crippen LogP contribution is -2.28. The molecule has 2 N–H and O–H groups in total. The zero-order valence-electron chi connectivity index (χ0n) is 16.1. The third kappa shape index (κ3) is 6.06. The van der Waals surface area contributed by atoms with Gasteiger partial charge in [-0.1, -0.05) is 36.4 Å². The van der Waals surface area contributed by atoms with Crippen LogP contribution in [0.4, 0.5) is 11.4 Å². The monoisotopic (exact) mass is 424 g/mol. The molecule has 0 aromatic heterocycles. The van der Waals surface area contributed by atoms with Crippen molar-refractivity contribution in [2.45, 2.75) is 0 Å². The number of nitrogens with one attached hydrogen (secondary N) is 2. The molecule has 0 amide bonds. The first-order valence-electron chi connectivity index (χ1n) is 8.28. The topological polar surface area (TPSA) is 98.8 Å². The number of benzene rings is 2. The van der Waals surface area contributed by atoms with Crippen molar-refractivity contribution in [2.75, 3.05) is 37.6 Å². The lowest BCUT2D eigenvalue weighted by molar-refractivity contribution is 0.525. The minimum Gasteiger partial charge on any atom is -0.271 e. The van der Waals surface area contributed by atoms with E-state index in [-0.39, 0.29) is 0 Å². The van der Waals surface area contributed by atoms with E-state index in [1.54, 1.807) is 48.5 Å². The molecule has 2 aromatic carbocycles. The average Bonchev–Trinajstić information content (AvgIpc) is 2.61. The maximum Gasteiger partial charge on any atom is 0.301 e. The van der Waals surface area contributed by atoms with E-state index in [4.69, 9.17) is 0 Å². The Morgan fingerprint density at radius 3 is 1.14 bits per heavy atom. The van der Waals surface area contributed by atoms with Gasteiger partial charge in [-0.15, -0.1) is 0 Å². The second kappa shape index (κ2) is 8.74. The smallest absolute Gasteiger partial charge is 0.271 e. The molecule has 0 atom stereocenters. The zero-order valence-corrected chi connectivity index (χ0v) is 17.8. The van der Waals surface area contributed by atoms with Gasteiger partial charge in [0.1, 0.15) is 0 Å². The van der Waals surface area contributed by atoms with Crippen molar-refractivity contribution in [3.05, 3.63) is 59.7 Å². The summed E-state index contributed by atoms with van der Waals surface area (Å²) in [6.07, 6.45) is 3.76. The van der Waals surface area contributed by atoms with Crippen LogP contribution in [-0.2, 0) is 20.4 Å². The van der Waals surface area contributed by atoms with Crippen LogP contribution in [0.3, 0.4) is 0 Å². The molecule has 28 heavy (non-hydrogen) atoms. The van der Waals surface area contributed by atoms with Crippen molar-refractivity contribution in [3.63, 3.8) is 0 Å². The molecular weight excluding hydrogens is 400 g/mol. The average molecular weight is 425 g/mol. The largest absolute Gasteiger partial charge is 0.301 e. The molecule has 0 heterocycles. The Labute approximate surface area is 166 Å². The molecule has 0 saturated carbocycles. The minimum atomic E-state index is -3.53. The molecule has 0 radical (unpaired) electrons. The first-order valence-corrected chi connectivity index (χ1v) is 11.2. The maximum atomic E-state index is 11.8. The summed E-state index contributed by atoms with van der Waals surface area (Å²) in [4.78, 5) is 0. The SMILES string of the molecule is CN(C)S(=O)(=O)Nc1ccc(/C=C/c2ccc(NS(=O)(=O)N(C)C)cc2)cc1. The predicted octanol–water partition coefficient (Wildman–Crippen LogP) is 2.29. The number of hydrogen-bond donors (Lipinski definition) is 2. The first kappa shape index (κ1) is 21.9. The third-order valence-electron chi connectivity index (χ3n) is 3.74. The Bertz CT molecular complexity index is 942. The molecule has 2 rings (SSSR count). The fourth-order valence-corrected chi connectivity index (χ4v) is 3.23. The van der Waals surface area contributed by atoms with E-state index in [1.807, 2.05) is 12.2 Å². The summed E-state index contributed by atoms with van der Waals surface area (Å²) < 4.78 is 54.3. The maximum absolute atomic E-state index is 11.8. The molecule has 0 aliphatic carbocycles. The Morgan fingerprint density at radius 1 is 0.607 bits per heavy atom. The van der Waals surface area contributed by atoms with E-state index < -0.39 is 20.4 Å². The summed E-state index contributed by atoms with van der Waals surface area (Å²) in [5.41, 5.74) is 2.74. The van der Waals surface area contributed by atoms with Crippen LogP contribution in [0.2, 0.25) is 0 Å². The lowest BCUT2D eigenvalue weighted by Gasteiger charge is -2.13. The second-order valence-electron chi connectivity index (χ2n) is 6.36. The van der Waals surface area contributed by atoms with Crippen LogP contribution in [-0.4, -0.2) is 53.6 Å². The van der Waals surface area contributed by atoms with E-state index in [1.165, 1.54) is 28.2 Å². The molecule has 152 valence electrons. The van der Waals surface area contributed by atoms with E-state index in [0.717, 1.165) is 19.7 Å². The van der Waals surface area contributed by atoms with Crippen LogP contribution in [0.5, 0.6) is 0 Å². The van der Waals surface area contributed by atoms with Crippen molar-refractivity contribution in [1.82, 2.24) is 8.61 Å². The standard InChI is InChI=1S/C18H24N4O4S2/c1-21(2)27(23,24)19-17-11-7-15(8-12-17)5-6-16-9-13-18(14-10-16)20-28(25,26)22(3)4/h5-14,19-20H,1-4H3/b6-5+. The summed E-state index contributed by atoms with van der Waals surface area (Å²) in [6, 6.07) is 13.9. The molecular formula is C18H24N4O4S2. The third-order valence-corrected chi connectivity index (χ3v) is 6.65. The van der Waals surface area contributed by atoms with Crippen LogP contribution < -0.4 is 9.44 Å². The van der Waals surface area contributed by atoms with Crippen LogP contribution in [0.15, 0.2) is 48.5 Å². The van der Waals surface area contributed by atoms with Crippen LogP contribution in [0.1, 0.15) is 11.1 Å². The Balaban J connectivity index is 2.04. The quantitative estimate of drug-likeness (QED) is 0.635. The highest BCUT2D eigenvalue weighted by atomic mass is 32.2. The molecule has 0 aliphatic rings. The molecule has 0 aliphatic heterocycles. The molecule has 2 aromatic rings. The second-order valence-corrected chi connectivity index (χ2v) is 10.1. The molecule has 0 fully saturated rings. The van der Waals surface area contributed by atoms with Gasteiger partial charge in [0.05, 0.1) is 0 Å². The normalized spacial score (nSPS) is 12.6. The van der Waals surface area contributed by atoms with Gasteiger partial charge >= 0.3 is 20.4 Å². The molecule has 10 heteroatoms. The van der Waals surface area contributed by atoms with Gasteiger partial charge in [-0.25, -0.2) is 0 Å². The fraction of sp³-hybridized carbons (Fsp3) is 0.222. The van der Waals surface area contributed by atoms with Gasteiger partial charge in [0.25, 0.3) is 0 Å². The van der Waals surface area contributed by atoms with Gasteiger partial charge in [-0.2, -0.15) is 25.4 Å². The predicted molar refractivity (Wildman–Crippen MR) is 114 cm³/mol. The summed E-state index contributed by atoms with van der Waals surface area (Å²) in [5.74, 6) is 0. The van der Waals surface area contributed by atoms with Gasteiger partial charge in [0.15, 0.2) is 0 Å². The van der Waals surface area contributed by atoms with Crippen molar-refractivity contribution >= 4 is 43.9 Å². The van der Waals surface area contributed by atoms with Crippen LogP contribution in [0, 0.1) is 0 Å². The highest BCUT2D eigenvalue weighted by Crippen LogP contribution is 2.16. The van der Waals surface area contributed by atoms with Gasteiger partial charge in [0, 0.05) is 39.6 Å². The van der Waals surface area contributed by atoms with Crippen LogP contribution >= 0.6 is 0 Å². The molecule has 0 unspecified atom stereocenters. The number of anilines is 2. The number of hydrogen-bond acceptors (Lipinski definition) is 4. The van der Waals surface area contributed by atoms with E-state index in [2.05, 4.69) is 9.44 Å². The van der Waals surface area contributed by atoms with Crippen LogP contribution in [0.25, 0.3) is 12.2 Å². The summed E-state index contributed by atoms with van der Waals surface area (Å²) in [6.45, 7) is 0. The summed E-state index contributed by atoms with van der Waals surface area (Å²) in [5, 5.41) is 0. The van der Waals surface area contributed by atoms with Gasteiger partial charge in [0.2, 0.25) is 0 Å². The van der Waals surface area contributed by atoms with E-state index in [0.29, 0.717) is 11.4 Å². The Morgan fingerprint density at radius 2 is 0.893 bits per heavy atom. The van der Waals surface area contributed by atoms with Crippen molar-refractivity contribution in [3.8, 4) is 0 Å². The molecule has 0 saturated heterocycles. The Kier molecular flexibility index (Phi) is 6.83. The van der Waals surface area contributed by atoms with Gasteiger partial charge < -0.3 is 0 Å². The van der Waals surface area contributed by atoms with E-state index >= 15 is 0 Å². The molecule has 0 bridgehead atoms. The highest BCUT2D eigenvalue weighted by molar-refractivity contribution is 7.90.